The lowest BCUT2D eigenvalue weighted by Gasteiger charge is -2.23. The molecule has 1 fully saturated rings. The van der Waals surface area contributed by atoms with Crippen LogP contribution in [0.3, 0.4) is 0 Å². The Hall–Kier alpha value is -4.18. The number of thiazole rings is 1. The van der Waals surface area contributed by atoms with Crippen LogP contribution in [-0.4, -0.2) is 32.5 Å². The number of carbonyl (C=O) groups excluding carboxylic acids is 3. The molecule has 1 aromatic heterocycles. The van der Waals surface area contributed by atoms with Gasteiger partial charge < -0.3 is 5.11 Å². The predicted molar refractivity (Wildman–Crippen MR) is 131 cm³/mol. The van der Waals surface area contributed by atoms with E-state index in [1.807, 2.05) is 13.0 Å². The molecule has 1 N–H and O–H groups in total. The number of anilines is 1. The number of nitro benzene ring substituents is 1. The molecule has 2 aromatic carbocycles. The summed E-state index contributed by atoms with van der Waals surface area (Å²) in [5, 5.41) is 22.6. The zero-order valence-electron chi connectivity index (χ0n) is 19.4. The average Bonchev–Trinajstić information content (AvgIpc) is 3.32. The quantitative estimate of drug-likeness (QED) is 0.135. The molecule has 35 heavy (non-hydrogen) atoms. The molecule has 3 aromatic rings. The van der Waals surface area contributed by atoms with Crippen molar-refractivity contribution in [3.8, 4) is 0 Å². The second-order valence-electron chi connectivity index (χ2n) is 8.30. The number of benzene rings is 2. The Bertz CT molecular complexity index is 1440. The number of carbonyl (C=O) groups is 3. The van der Waals surface area contributed by atoms with E-state index in [2.05, 4.69) is 4.98 Å². The standard InChI is InChI=1S/C25H21N3O6S/c1-12-5-6-13(2)18(11-12)21(30)19-20(16-7-9-17(10-8-16)28(33)34)27(24(32)22(19)31)25-26-14(3)23(35-25)15(4)29/h5-11,20,30H,1-4H3/b21-19+. The van der Waals surface area contributed by atoms with Gasteiger partial charge in [-0.1, -0.05) is 29.0 Å². The van der Waals surface area contributed by atoms with E-state index in [-0.39, 0.29) is 27.9 Å². The van der Waals surface area contributed by atoms with Crippen LogP contribution >= 0.6 is 11.3 Å². The monoisotopic (exact) mass is 491 g/mol. The molecule has 9 nitrogen and oxygen atoms in total. The minimum Gasteiger partial charge on any atom is -0.507 e. The Morgan fingerprint density at radius 3 is 2.34 bits per heavy atom. The van der Waals surface area contributed by atoms with Gasteiger partial charge in [0.1, 0.15) is 5.76 Å². The summed E-state index contributed by atoms with van der Waals surface area (Å²) in [7, 11) is 0. The summed E-state index contributed by atoms with van der Waals surface area (Å²) in [6.45, 7) is 6.62. The Morgan fingerprint density at radius 2 is 1.77 bits per heavy atom. The number of hydrogen-bond donors (Lipinski definition) is 1. The molecule has 4 rings (SSSR count). The zero-order chi connectivity index (χ0) is 25.6. The summed E-state index contributed by atoms with van der Waals surface area (Å²) in [5.41, 5.74) is 2.41. The summed E-state index contributed by atoms with van der Waals surface area (Å²) < 4.78 is 0. The number of non-ortho nitro benzene ring substituents is 1. The van der Waals surface area contributed by atoms with Crippen molar-refractivity contribution in [1.82, 2.24) is 4.98 Å². The molecular weight excluding hydrogens is 470 g/mol. The summed E-state index contributed by atoms with van der Waals surface area (Å²) in [6, 6.07) is 9.68. The second kappa shape index (κ2) is 8.88. The first-order valence-corrected chi connectivity index (χ1v) is 11.4. The maximum absolute atomic E-state index is 13.3. The van der Waals surface area contributed by atoms with Crippen molar-refractivity contribution in [2.24, 2.45) is 0 Å². The molecule has 1 unspecified atom stereocenters. The Labute approximate surface area is 204 Å². The molecule has 0 radical (unpaired) electrons. The largest absolute Gasteiger partial charge is 0.507 e. The molecule has 10 heteroatoms. The number of hydrogen-bond acceptors (Lipinski definition) is 8. The van der Waals surface area contributed by atoms with Crippen molar-refractivity contribution < 1.29 is 24.4 Å². The number of aliphatic hydroxyl groups is 1. The number of aromatic nitrogens is 1. The highest BCUT2D eigenvalue weighted by atomic mass is 32.1. The highest BCUT2D eigenvalue weighted by Crippen LogP contribution is 2.44. The van der Waals surface area contributed by atoms with Crippen molar-refractivity contribution in [2.45, 2.75) is 33.7 Å². The van der Waals surface area contributed by atoms with Crippen LogP contribution in [0.25, 0.3) is 5.76 Å². The molecule has 1 amide bonds. The molecule has 1 atom stereocenters. The lowest BCUT2D eigenvalue weighted by molar-refractivity contribution is -0.384. The molecule has 0 spiro atoms. The number of ketones is 2. The number of Topliss-reactive ketones (excluding diaryl/α,β-unsaturated/α-hetero) is 2. The van der Waals surface area contributed by atoms with Gasteiger partial charge in [0.15, 0.2) is 10.9 Å². The summed E-state index contributed by atoms with van der Waals surface area (Å²) in [4.78, 5) is 55.0. The molecule has 2 heterocycles. The molecule has 1 aliphatic heterocycles. The number of nitrogens with zero attached hydrogens (tertiary/aromatic N) is 3. The fourth-order valence-electron chi connectivity index (χ4n) is 4.07. The maximum Gasteiger partial charge on any atom is 0.301 e. The highest BCUT2D eigenvalue weighted by Gasteiger charge is 2.48. The van der Waals surface area contributed by atoms with E-state index in [1.165, 1.54) is 31.2 Å². The van der Waals surface area contributed by atoms with Gasteiger partial charge in [-0.2, -0.15) is 0 Å². The van der Waals surface area contributed by atoms with Gasteiger partial charge in [-0.3, -0.25) is 29.4 Å². The minimum absolute atomic E-state index is 0.123. The Morgan fingerprint density at radius 1 is 1.11 bits per heavy atom. The van der Waals surface area contributed by atoms with Crippen LogP contribution in [0, 0.1) is 30.9 Å². The van der Waals surface area contributed by atoms with Gasteiger partial charge >= 0.3 is 5.91 Å². The van der Waals surface area contributed by atoms with Crippen molar-refractivity contribution in [2.75, 3.05) is 4.90 Å². The summed E-state index contributed by atoms with van der Waals surface area (Å²) >= 11 is 0.972. The first kappa shape index (κ1) is 24.0. The van der Waals surface area contributed by atoms with Gasteiger partial charge in [-0.15, -0.1) is 0 Å². The normalized spacial score (nSPS) is 17.1. The summed E-state index contributed by atoms with van der Waals surface area (Å²) in [6.07, 6.45) is 0. The number of aryl methyl sites for hydroxylation is 3. The van der Waals surface area contributed by atoms with Crippen molar-refractivity contribution in [3.63, 3.8) is 0 Å². The zero-order valence-corrected chi connectivity index (χ0v) is 20.2. The number of nitro groups is 1. The average molecular weight is 492 g/mol. The van der Waals surface area contributed by atoms with Gasteiger partial charge in [0.2, 0.25) is 0 Å². The van der Waals surface area contributed by atoms with Gasteiger partial charge in [0, 0.05) is 24.6 Å². The van der Waals surface area contributed by atoms with E-state index < -0.39 is 22.7 Å². The number of aliphatic hydroxyl groups excluding tert-OH is 1. The number of amides is 1. The van der Waals surface area contributed by atoms with Crippen LogP contribution in [0.4, 0.5) is 10.8 Å². The van der Waals surface area contributed by atoms with Crippen LogP contribution in [-0.2, 0) is 9.59 Å². The van der Waals surface area contributed by atoms with Crippen molar-refractivity contribution in [3.05, 3.63) is 91.0 Å². The Balaban J connectivity index is 1.98. The molecule has 0 aliphatic carbocycles. The molecule has 0 saturated carbocycles. The molecule has 178 valence electrons. The molecule has 0 bridgehead atoms. The van der Waals surface area contributed by atoms with Gasteiger partial charge in [0.05, 0.1) is 27.1 Å². The van der Waals surface area contributed by atoms with Gasteiger partial charge in [0.25, 0.3) is 11.5 Å². The topological polar surface area (TPSA) is 131 Å². The van der Waals surface area contributed by atoms with E-state index in [1.54, 1.807) is 26.0 Å². The predicted octanol–water partition coefficient (Wildman–Crippen LogP) is 4.81. The lowest BCUT2D eigenvalue weighted by Crippen LogP contribution is -2.29. The van der Waals surface area contributed by atoms with E-state index >= 15 is 0 Å². The Kier molecular flexibility index (Phi) is 6.08. The molecule has 1 aliphatic rings. The first-order chi connectivity index (χ1) is 16.5. The highest BCUT2D eigenvalue weighted by molar-refractivity contribution is 7.18. The van der Waals surface area contributed by atoms with Crippen LogP contribution < -0.4 is 4.90 Å². The SMILES string of the molecule is CC(=O)c1sc(N2C(=O)C(=O)/C(=C(/O)c3cc(C)ccc3C)C2c2ccc([N+](=O)[O-])cc2)nc1C. The van der Waals surface area contributed by atoms with Crippen LogP contribution in [0.15, 0.2) is 48.0 Å². The van der Waals surface area contributed by atoms with Gasteiger partial charge in [-0.25, -0.2) is 4.98 Å². The van der Waals surface area contributed by atoms with E-state index in [9.17, 15) is 29.6 Å². The third-order valence-corrected chi connectivity index (χ3v) is 7.08. The van der Waals surface area contributed by atoms with E-state index in [0.717, 1.165) is 21.8 Å². The van der Waals surface area contributed by atoms with E-state index in [4.69, 9.17) is 0 Å². The maximum atomic E-state index is 13.3. The summed E-state index contributed by atoms with van der Waals surface area (Å²) in [5.74, 6) is -2.41. The van der Waals surface area contributed by atoms with Gasteiger partial charge in [-0.05, 0) is 50.1 Å². The molecule has 1 saturated heterocycles. The fourth-order valence-corrected chi connectivity index (χ4v) is 5.06. The van der Waals surface area contributed by atoms with Crippen molar-refractivity contribution in [1.29, 1.82) is 0 Å². The van der Waals surface area contributed by atoms with Crippen LogP contribution in [0.2, 0.25) is 0 Å². The smallest absolute Gasteiger partial charge is 0.301 e. The van der Waals surface area contributed by atoms with Crippen LogP contribution in [0.1, 0.15) is 50.6 Å². The van der Waals surface area contributed by atoms with Crippen LogP contribution in [0.5, 0.6) is 0 Å². The second-order valence-corrected chi connectivity index (χ2v) is 9.28. The fraction of sp³-hybridized carbons (Fsp3) is 0.200. The molecular formula is C25H21N3O6S. The van der Waals surface area contributed by atoms with E-state index in [0.29, 0.717) is 27.3 Å². The lowest BCUT2D eigenvalue weighted by atomic mass is 9.93. The first-order valence-electron chi connectivity index (χ1n) is 10.6. The minimum atomic E-state index is -1.10. The number of rotatable bonds is 5. The van der Waals surface area contributed by atoms with Crippen molar-refractivity contribution >= 4 is 45.4 Å². The third kappa shape index (κ3) is 4.12. The third-order valence-electron chi connectivity index (χ3n) is 5.82.